The molecule has 1 heterocycles. The highest BCUT2D eigenvalue weighted by atomic mass is 127. The van der Waals surface area contributed by atoms with E-state index in [9.17, 15) is 24.3 Å². The predicted molar refractivity (Wildman–Crippen MR) is 171 cm³/mol. The molecule has 246 valence electrons. The Balaban J connectivity index is 1.18. The van der Waals surface area contributed by atoms with Crippen LogP contribution < -0.4 is 10.6 Å². The maximum absolute atomic E-state index is 13.3. The average Bonchev–Trinajstić information content (AvgIpc) is 3.91. The first-order valence-electron chi connectivity index (χ1n) is 15.8. The molecular weight excluding hydrogens is 695 g/mol. The molecule has 12 heteroatoms. The third-order valence-corrected chi connectivity index (χ3v) is 9.03. The minimum atomic E-state index is -0.718. The molecule has 5 rings (SSSR count). The largest absolute Gasteiger partial charge is 0.460 e. The number of fused-ring (bicyclic) bond motifs is 1. The SMILES string of the molecule is CC(C)(C)OC(=O)CC[C@@H](CO)NC(=O)CCNC(=O)C1=C[C@H]2OC(C3CC3)(C3CC3)O[C@H]2[C@H](OC(=O)c2cccc(I)c2)C1. The molecule has 45 heavy (non-hydrogen) atoms. The lowest BCUT2D eigenvalue weighted by molar-refractivity contribution is -0.209. The molecule has 4 aliphatic rings. The van der Waals surface area contributed by atoms with Gasteiger partial charge < -0.3 is 34.7 Å². The van der Waals surface area contributed by atoms with E-state index in [2.05, 4.69) is 33.2 Å². The van der Waals surface area contributed by atoms with Gasteiger partial charge in [0.25, 0.3) is 0 Å². The lowest BCUT2D eigenvalue weighted by Gasteiger charge is -2.31. The number of hydrogen-bond acceptors (Lipinski definition) is 9. The molecule has 0 aromatic heterocycles. The van der Waals surface area contributed by atoms with E-state index >= 15 is 0 Å². The molecular formula is C33H43IN2O9. The van der Waals surface area contributed by atoms with Crippen LogP contribution in [0.15, 0.2) is 35.9 Å². The highest BCUT2D eigenvalue weighted by molar-refractivity contribution is 14.1. The van der Waals surface area contributed by atoms with Crippen LogP contribution in [-0.4, -0.2) is 77.8 Å². The zero-order chi connectivity index (χ0) is 32.4. The first-order chi connectivity index (χ1) is 21.4. The number of rotatable bonds is 13. The minimum Gasteiger partial charge on any atom is -0.460 e. The molecule has 1 aromatic rings. The Morgan fingerprint density at radius 2 is 1.80 bits per heavy atom. The Labute approximate surface area is 277 Å². The summed E-state index contributed by atoms with van der Waals surface area (Å²) in [5.74, 6) is -1.73. The number of carbonyl (C=O) groups is 4. The molecule has 2 amide bonds. The number of benzene rings is 1. The van der Waals surface area contributed by atoms with Crippen molar-refractivity contribution in [2.45, 2.75) is 108 Å². The van der Waals surface area contributed by atoms with Gasteiger partial charge in [0.05, 0.1) is 18.2 Å². The van der Waals surface area contributed by atoms with E-state index in [1.807, 2.05) is 6.07 Å². The van der Waals surface area contributed by atoms with Crippen LogP contribution in [0.25, 0.3) is 0 Å². The van der Waals surface area contributed by atoms with Gasteiger partial charge >= 0.3 is 11.9 Å². The first-order valence-corrected chi connectivity index (χ1v) is 16.9. The molecule has 2 saturated carbocycles. The molecule has 0 radical (unpaired) electrons. The van der Waals surface area contributed by atoms with Crippen molar-refractivity contribution in [3.8, 4) is 0 Å². The highest BCUT2D eigenvalue weighted by Gasteiger charge is 2.64. The fraction of sp³-hybridized carbons (Fsp3) is 0.636. The summed E-state index contributed by atoms with van der Waals surface area (Å²) in [5, 5.41) is 15.2. The van der Waals surface area contributed by atoms with Crippen molar-refractivity contribution >= 4 is 46.3 Å². The van der Waals surface area contributed by atoms with Gasteiger partial charge in [-0.2, -0.15) is 0 Å². The van der Waals surface area contributed by atoms with Crippen molar-refractivity contribution < 1.29 is 43.2 Å². The molecule has 0 spiro atoms. The van der Waals surface area contributed by atoms with Gasteiger partial charge in [0.1, 0.15) is 23.9 Å². The third-order valence-electron chi connectivity index (χ3n) is 8.36. The van der Waals surface area contributed by atoms with Crippen molar-refractivity contribution in [1.82, 2.24) is 10.6 Å². The summed E-state index contributed by atoms with van der Waals surface area (Å²) in [5.41, 5.74) is 0.222. The lowest BCUT2D eigenvalue weighted by atomic mass is 9.91. The van der Waals surface area contributed by atoms with Crippen LogP contribution in [0.3, 0.4) is 0 Å². The second-order valence-corrected chi connectivity index (χ2v) is 14.6. The molecule has 3 N–H and O–H groups in total. The predicted octanol–water partition coefficient (Wildman–Crippen LogP) is 3.55. The van der Waals surface area contributed by atoms with Crippen molar-refractivity contribution in [2.24, 2.45) is 11.8 Å². The van der Waals surface area contributed by atoms with Crippen molar-refractivity contribution in [3.05, 3.63) is 45.0 Å². The van der Waals surface area contributed by atoms with Gasteiger partial charge in [0, 0.05) is 46.8 Å². The van der Waals surface area contributed by atoms with E-state index in [0.29, 0.717) is 23.0 Å². The van der Waals surface area contributed by atoms with Gasteiger partial charge in [-0.25, -0.2) is 4.79 Å². The molecule has 4 atom stereocenters. The quantitative estimate of drug-likeness (QED) is 0.204. The maximum Gasteiger partial charge on any atom is 0.338 e. The van der Waals surface area contributed by atoms with Gasteiger partial charge in [-0.15, -0.1) is 0 Å². The summed E-state index contributed by atoms with van der Waals surface area (Å²) in [4.78, 5) is 51.0. The van der Waals surface area contributed by atoms with E-state index < -0.39 is 47.7 Å². The zero-order valence-corrected chi connectivity index (χ0v) is 28.2. The Kier molecular flexibility index (Phi) is 10.6. The Hall–Kier alpha value is -2.55. The van der Waals surface area contributed by atoms with Crippen molar-refractivity contribution in [3.63, 3.8) is 0 Å². The van der Waals surface area contributed by atoms with Gasteiger partial charge in [-0.3, -0.25) is 14.4 Å². The second kappa shape index (κ2) is 14.1. The number of nitrogens with one attached hydrogen (secondary N) is 2. The third kappa shape index (κ3) is 8.83. The topological polar surface area (TPSA) is 149 Å². The molecule has 3 fully saturated rings. The zero-order valence-electron chi connectivity index (χ0n) is 26.0. The Bertz CT molecular complexity index is 1310. The highest BCUT2D eigenvalue weighted by Crippen LogP contribution is 2.59. The van der Waals surface area contributed by atoms with E-state index in [1.165, 1.54) is 0 Å². The summed E-state index contributed by atoms with van der Waals surface area (Å²) >= 11 is 2.14. The number of aliphatic hydroxyl groups excluding tert-OH is 1. The lowest BCUT2D eigenvalue weighted by Crippen LogP contribution is -2.44. The van der Waals surface area contributed by atoms with Crippen molar-refractivity contribution in [1.29, 1.82) is 0 Å². The van der Waals surface area contributed by atoms with Gasteiger partial charge in [0.2, 0.25) is 11.8 Å². The fourth-order valence-electron chi connectivity index (χ4n) is 5.99. The Morgan fingerprint density at radius 1 is 1.09 bits per heavy atom. The number of ether oxygens (including phenoxy) is 4. The number of halogens is 1. The van der Waals surface area contributed by atoms with Crippen LogP contribution in [0.2, 0.25) is 0 Å². The minimum absolute atomic E-state index is 0.0227. The second-order valence-electron chi connectivity index (χ2n) is 13.4. The smallest absolute Gasteiger partial charge is 0.338 e. The van der Waals surface area contributed by atoms with Gasteiger partial charge in [-0.1, -0.05) is 6.07 Å². The van der Waals surface area contributed by atoms with Gasteiger partial charge in [0.15, 0.2) is 5.79 Å². The van der Waals surface area contributed by atoms with Crippen LogP contribution >= 0.6 is 22.6 Å². The molecule has 11 nitrogen and oxygen atoms in total. The van der Waals surface area contributed by atoms with E-state index in [1.54, 1.807) is 45.0 Å². The van der Waals surface area contributed by atoms with E-state index in [-0.39, 0.29) is 50.6 Å². The molecule has 1 saturated heterocycles. The average molecular weight is 739 g/mol. The number of aliphatic hydroxyl groups is 1. The molecule has 0 bridgehead atoms. The molecule has 3 aliphatic carbocycles. The van der Waals surface area contributed by atoms with Gasteiger partial charge in [-0.05, 0) is 99.7 Å². The monoisotopic (exact) mass is 738 g/mol. The summed E-state index contributed by atoms with van der Waals surface area (Å²) < 4.78 is 25.4. The number of amides is 2. The molecule has 1 aromatic carbocycles. The number of carbonyl (C=O) groups excluding carboxylic acids is 4. The normalized spacial score (nSPS) is 24.6. The van der Waals surface area contributed by atoms with Crippen LogP contribution in [0.5, 0.6) is 0 Å². The van der Waals surface area contributed by atoms with Crippen LogP contribution in [0.1, 0.15) is 82.5 Å². The molecule has 1 aliphatic heterocycles. The van der Waals surface area contributed by atoms with E-state index in [0.717, 1.165) is 29.3 Å². The summed E-state index contributed by atoms with van der Waals surface area (Å²) in [7, 11) is 0. The molecule has 0 unspecified atom stereocenters. The maximum atomic E-state index is 13.3. The standard InChI is InChI=1S/C33H43IN2O9/c1-32(2,3)44-28(39)12-11-24(18-37)36-27(38)13-14-35-30(40)20-16-25(42-31(41)19-5-4-6-23(34)15-19)29-26(17-20)43-33(45-29,21-7-8-21)22-9-10-22/h4-6,15,17,21-22,24-26,29,37H,7-14,16,18H2,1-3H3,(H,35,40)(H,36,38)/t24-,25+,26+,29-/m0/s1. The summed E-state index contributed by atoms with van der Waals surface area (Å²) in [6.07, 6.45) is 4.54. The Morgan fingerprint density at radius 3 is 2.42 bits per heavy atom. The summed E-state index contributed by atoms with van der Waals surface area (Å²) in [6.45, 7) is 5.04. The fourth-order valence-corrected chi connectivity index (χ4v) is 6.53. The number of esters is 2. The van der Waals surface area contributed by atoms with E-state index in [4.69, 9.17) is 18.9 Å². The number of hydrogen-bond donors (Lipinski definition) is 3. The summed E-state index contributed by atoms with van der Waals surface area (Å²) in [6, 6.07) is 6.52. The van der Waals surface area contributed by atoms with Crippen LogP contribution in [-0.2, 0) is 33.3 Å². The van der Waals surface area contributed by atoms with Crippen LogP contribution in [0, 0.1) is 15.4 Å². The van der Waals surface area contributed by atoms with Crippen molar-refractivity contribution in [2.75, 3.05) is 13.2 Å². The first kappa shape index (κ1) is 33.8. The van der Waals surface area contributed by atoms with Crippen LogP contribution in [0.4, 0.5) is 0 Å².